The molecule has 0 aromatic heterocycles. The van der Waals surface area contributed by atoms with Crippen molar-refractivity contribution in [3.8, 4) is 0 Å². The first-order valence-electron chi connectivity index (χ1n) is 7.21. The number of carbonyl (C=O) groups excluding carboxylic acids is 1. The molecule has 4 aliphatic rings. The number of ether oxygens (including phenoxy) is 2. The number of rotatable bonds is 2. The molecule has 4 heteroatoms. The van der Waals surface area contributed by atoms with Gasteiger partial charge in [-0.1, -0.05) is 0 Å². The molecular formula is C14H21NO3. The van der Waals surface area contributed by atoms with Crippen LogP contribution in [0.5, 0.6) is 0 Å². The van der Waals surface area contributed by atoms with Gasteiger partial charge in [0, 0.05) is 19.0 Å². The second kappa shape index (κ2) is 3.48. The molecule has 2 saturated heterocycles. The monoisotopic (exact) mass is 251 g/mol. The summed E-state index contributed by atoms with van der Waals surface area (Å²) in [5, 5.41) is 0. The Morgan fingerprint density at radius 2 is 1.89 bits per heavy atom. The molecule has 1 atom stereocenters. The lowest BCUT2D eigenvalue weighted by molar-refractivity contribution is -0.193. The van der Waals surface area contributed by atoms with E-state index in [2.05, 4.69) is 4.90 Å². The first-order valence-corrected chi connectivity index (χ1v) is 7.21. The average molecular weight is 251 g/mol. The van der Waals surface area contributed by atoms with Crippen molar-refractivity contribution in [1.82, 2.24) is 4.90 Å². The molecule has 2 aliphatic heterocycles. The van der Waals surface area contributed by atoms with Crippen LogP contribution in [0, 0.1) is 17.3 Å². The van der Waals surface area contributed by atoms with Crippen molar-refractivity contribution in [3.63, 3.8) is 0 Å². The average Bonchev–Trinajstić information content (AvgIpc) is 3.20. The van der Waals surface area contributed by atoms with Gasteiger partial charge in [-0.15, -0.1) is 0 Å². The van der Waals surface area contributed by atoms with Gasteiger partial charge in [0.25, 0.3) is 0 Å². The van der Waals surface area contributed by atoms with Crippen LogP contribution in [0.3, 0.4) is 0 Å². The van der Waals surface area contributed by atoms with E-state index in [1.54, 1.807) is 0 Å². The van der Waals surface area contributed by atoms with Crippen molar-refractivity contribution >= 4 is 5.91 Å². The van der Waals surface area contributed by atoms with Gasteiger partial charge in [-0.3, -0.25) is 4.79 Å². The Kier molecular flexibility index (Phi) is 2.17. The fraction of sp³-hybridized carbons (Fsp3) is 0.929. The molecule has 2 aliphatic carbocycles. The molecule has 0 spiro atoms. The van der Waals surface area contributed by atoms with Crippen molar-refractivity contribution < 1.29 is 14.3 Å². The Labute approximate surface area is 108 Å². The Hall–Kier alpha value is -0.610. The molecule has 100 valence electrons. The minimum Gasteiger partial charge on any atom is -0.347 e. The van der Waals surface area contributed by atoms with Gasteiger partial charge in [-0.25, -0.2) is 0 Å². The molecule has 2 heterocycles. The zero-order chi connectivity index (χ0) is 12.4. The lowest BCUT2D eigenvalue weighted by atomic mass is 9.90. The van der Waals surface area contributed by atoms with Gasteiger partial charge in [0.2, 0.25) is 5.91 Å². The van der Waals surface area contributed by atoms with Gasteiger partial charge >= 0.3 is 0 Å². The van der Waals surface area contributed by atoms with E-state index in [1.807, 2.05) is 6.92 Å². The SMILES string of the molecule is CC1(C2CCCN(C(=O)C34CC3C4)C2)OCCO1. The molecule has 0 N–H and O–H groups in total. The predicted octanol–water partition coefficient (Wildman–Crippen LogP) is 1.40. The molecule has 0 aromatic rings. The highest BCUT2D eigenvalue weighted by Crippen LogP contribution is 2.76. The van der Waals surface area contributed by atoms with Crippen LogP contribution >= 0.6 is 0 Å². The van der Waals surface area contributed by atoms with Crippen LogP contribution in [-0.4, -0.2) is 42.9 Å². The standard InChI is InChI=1S/C14H21NO3/c1-13(17-5-6-18-13)10-3-2-4-15(9-10)12(16)14-7-11(14)8-14/h10-11H,2-9H2,1H3. The van der Waals surface area contributed by atoms with Gasteiger partial charge in [-0.05, 0) is 38.5 Å². The number of likely N-dealkylation sites (tertiary alicyclic amines) is 1. The van der Waals surface area contributed by atoms with E-state index in [1.165, 1.54) is 0 Å². The second-order valence-electron chi connectivity index (χ2n) is 6.56. The van der Waals surface area contributed by atoms with Crippen LogP contribution in [-0.2, 0) is 14.3 Å². The van der Waals surface area contributed by atoms with Crippen molar-refractivity contribution in [3.05, 3.63) is 0 Å². The Balaban J connectivity index is 1.45. The summed E-state index contributed by atoms with van der Waals surface area (Å²) in [5.74, 6) is 1.03. The summed E-state index contributed by atoms with van der Waals surface area (Å²) in [6.45, 7) is 5.16. The van der Waals surface area contributed by atoms with E-state index in [0.717, 1.165) is 44.7 Å². The number of carbonyl (C=O) groups is 1. The number of fused-ring (bicyclic) bond motifs is 1. The highest BCUT2D eigenvalue weighted by atomic mass is 16.7. The number of hydrogen-bond acceptors (Lipinski definition) is 3. The summed E-state index contributed by atoms with van der Waals surface area (Å²) in [7, 11) is 0. The zero-order valence-corrected chi connectivity index (χ0v) is 11.0. The van der Waals surface area contributed by atoms with Crippen LogP contribution in [0.2, 0.25) is 0 Å². The molecule has 4 fully saturated rings. The molecule has 2 saturated carbocycles. The van der Waals surface area contributed by atoms with Gasteiger partial charge in [0.15, 0.2) is 5.79 Å². The summed E-state index contributed by atoms with van der Waals surface area (Å²) in [4.78, 5) is 14.5. The molecule has 0 aromatic carbocycles. The van der Waals surface area contributed by atoms with Crippen LogP contribution in [0.25, 0.3) is 0 Å². The summed E-state index contributed by atoms with van der Waals surface area (Å²) in [6, 6.07) is 0. The van der Waals surface area contributed by atoms with E-state index in [0.29, 0.717) is 25.0 Å². The number of nitrogens with zero attached hydrogens (tertiary/aromatic N) is 1. The second-order valence-corrected chi connectivity index (χ2v) is 6.56. The minimum absolute atomic E-state index is 0.111. The quantitative estimate of drug-likeness (QED) is 0.744. The molecule has 1 amide bonds. The zero-order valence-electron chi connectivity index (χ0n) is 11.0. The molecule has 4 nitrogen and oxygen atoms in total. The molecule has 1 unspecified atom stereocenters. The summed E-state index contributed by atoms with van der Waals surface area (Å²) < 4.78 is 11.5. The smallest absolute Gasteiger partial charge is 0.229 e. The third kappa shape index (κ3) is 1.48. The van der Waals surface area contributed by atoms with Gasteiger partial charge < -0.3 is 14.4 Å². The molecule has 0 bridgehead atoms. The van der Waals surface area contributed by atoms with Crippen LogP contribution < -0.4 is 0 Å². The maximum absolute atomic E-state index is 12.4. The van der Waals surface area contributed by atoms with Crippen LogP contribution in [0.15, 0.2) is 0 Å². The van der Waals surface area contributed by atoms with E-state index in [-0.39, 0.29) is 5.41 Å². The van der Waals surface area contributed by atoms with Crippen molar-refractivity contribution in [2.24, 2.45) is 17.3 Å². The third-order valence-electron chi connectivity index (χ3n) is 5.42. The first-order chi connectivity index (χ1) is 8.64. The molecule has 18 heavy (non-hydrogen) atoms. The van der Waals surface area contributed by atoms with Crippen LogP contribution in [0.4, 0.5) is 0 Å². The van der Waals surface area contributed by atoms with Crippen molar-refractivity contribution in [1.29, 1.82) is 0 Å². The summed E-state index contributed by atoms with van der Waals surface area (Å²) in [5.41, 5.74) is 0.111. The Bertz CT molecular complexity index is 383. The first kappa shape index (κ1) is 11.2. The van der Waals surface area contributed by atoms with Crippen molar-refractivity contribution in [2.45, 2.75) is 38.4 Å². The fourth-order valence-corrected chi connectivity index (χ4v) is 3.72. The number of piperidine rings is 1. The predicted molar refractivity (Wildman–Crippen MR) is 64.8 cm³/mol. The minimum atomic E-state index is -0.455. The van der Waals surface area contributed by atoms with E-state index in [9.17, 15) is 4.79 Å². The summed E-state index contributed by atoms with van der Waals surface area (Å²) in [6.07, 6.45) is 4.49. The van der Waals surface area contributed by atoms with Crippen molar-refractivity contribution in [2.75, 3.05) is 26.3 Å². The summed E-state index contributed by atoms with van der Waals surface area (Å²) >= 11 is 0. The maximum atomic E-state index is 12.4. The Morgan fingerprint density at radius 3 is 2.50 bits per heavy atom. The largest absolute Gasteiger partial charge is 0.347 e. The Morgan fingerprint density at radius 1 is 1.22 bits per heavy atom. The van der Waals surface area contributed by atoms with Crippen LogP contribution in [0.1, 0.15) is 32.6 Å². The molecule has 4 rings (SSSR count). The van der Waals surface area contributed by atoms with Gasteiger partial charge in [-0.2, -0.15) is 0 Å². The topological polar surface area (TPSA) is 38.8 Å². The van der Waals surface area contributed by atoms with E-state index < -0.39 is 5.79 Å². The number of hydrogen-bond donors (Lipinski definition) is 0. The lowest BCUT2D eigenvalue weighted by Gasteiger charge is -2.40. The normalized spacial score (nSPS) is 44.6. The van der Waals surface area contributed by atoms with Gasteiger partial charge in [0.05, 0.1) is 18.6 Å². The number of amides is 1. The van der Waals surface area contributed by atoms with E-state index in [4.69, 9.17) is 9.47 Å². The third-order valence-corrected chi connectivity index (χ3v) is 5.42. The molecular weight excluding hydrogens is 230 g/mol. The molecule has 0 radical (unpaired) electrons. The highest BCUT2D eigenvalue weighted by molar-refractivity contribution is 5.90. The van der Waals surface area contributed by atoms with Gasteiger partial charge in [0.1, 0.15) is 0 Å². The fourth-order valence-electron chi connectivity index (χ4n) is 3.72. The van der Waals surface area contributed by atoms with E-state index >= 15 is 0 Å². The highest BCUT2D eigenvalue weighted by Gasteiger charge is 2.75. The lowest BCUT2D eigenvalue weighted by Crippen LogP contribution is -2.49. The maximum Gasteiger partial charge on any atom is 0.229 e.